The smallest absolute Gasteiger partial charge is 0.223 e. The molecular weight excluding hydrogens is 218 g/mol. The van der Waals surface area contributed by atoms with Crippen LogP contribution in [0.15, 0.2) is 28.9 Å². The summed E-state index contributed by atoms with van der Waals surface area (Å²) in [7, 11) is 0. The zero-order valence-electron chi connectivity index (χ0n) is 9.55. The van der Waals surface area contributed by atoms with Crippen LogP contribution >= 0.6 is 0 Å². The van der Waals surface area contributed by atoms with Crippen molar-refractivity contribution in [2.24, 2.45) is 0 Å². The average Bonchev–Trinajstić information content (AvgIpc) is 2.67. The molecular formula is C11H15N5O. The normalized spacial score (nSPS) is 12.3. The van der Waals surface area contributed by atoms with Crippen LogP contribution in [0.5, 0.6) is 0 Å². The second kappa shape index (κ2) is 4.73. The van der Waals surface area contributed by atoms with Crippen LogP contribution in [0.25, 0.3) is 0 Å². The minimum atomic E-state index is 0.162. The van der Waals surface area contributed by atoms with Gasteiger partial charge in [0.2, 0.25) is 5.95 Å². The van der Waals surface area contributed by atoms with Crippen LogP contribution in [0.4, 0.5) is 17.6 Å². The summed E-state index contributed by atoms with van der Waals surface area (Å²) in [4.78, 5) is 7.85. The second-order valence-corrected chi connectivity index (χ2v) is 3.87. The maximum atomic E-state index is 5.58. The molecule has 0 radical (unpaired) electrons. The molecule has 0 aromatic carbocycles. The number of nitrogen functional groups attached to an aromatic ring is 2. The van der Waals surface area contributed by atoms with Crippen LogP contribution in [-0.2, 0) is 6.42 Å². The summed E-state index contributed by atoms with van der Waals surface area (Å²) in [6, 6.07) is 5.60. The third-order valence-corrected chi connectivity index (χ3v) is 2.25. The van der Waals surface area contributed by atoms with Crippen molar-refractivity contribution in [3.05, 3.63) is 30.2 Å². The van der Waals surface area contributed by atoms with Crippen LogP contribution in [-0.4, -0.2) is 16.0 Å². The van der Waals surface area contributed by atoms with Gasteiger partial charge in [0.05, 0.1) is 6.26 Å². The summed E-state index contributed by atoms with van der Waals surface area (Å²) in [6.07, 6.45) is 2.42. The van der Waals surface area contributed by atoms with E-state index in [0.29, 0.717) is 11.6 Å². The van der Waals surface area contributed by atoms with Gasteiger partial charge in [0.15, 0.2) is 0 Å². The van der Waals surface area contributed by atoms with Gasteiger partial charge < -0.3 is 21.2 Å². The number of aromatic nitrogens is 2. The van der Waals surface area contributed by atoms with Crippen molar-refractivity contribution < 1.29 is 4.42 Å². The summed E-state index contributed by atoms with van der Waals surface area (Å²) in [5.74, 6) is 2.05. The summed E-state index contributed by atoms with van der Waals surface area (Å²) < 4.78 is 5.27. The fourth-order valence-electron chi connectivity index (χ4n) is 1.59. The van der Waals surface area contributed by atoms with E-state index >= 15 is 0 Å². The van der Waals surface area contributed by atoms with Gasteiger partial charge in [0.25, 0.3) is 0 Å². The van der Waals surface area contributed by atoms with Crippen molar-refractivity contribution in [2.75, 3.05) is 16.8 Å². The Labute approximate surface area is 99.0 Å². The summed E-state index contributed by atoms with van der Waals surface area (Å²) in [5.41, 5.74) is 11.1. The highest BCUT2D eigenvalue weighted by molar-refractivity contribution is 5.48. The Morgan fingerprint density at radius 2 is 2.24 bits per heavy atom. The summed E-state index contributed by atoms with van der Waals surface area (Å²) >= 11 is 0. The van der Waals surface area contributed by atoms with Gasteiger partial charge in [-0.05, 0) is 19.1 Å². The third-order valence-electron chi connectivity index (χ3n) is 2.25. The van der Waals surface area contributed by atoms with Crippen molar-refractivity contribution in [3.63, 3.8) is 0 Å². The van der Waals surface area contributed by atoms with Gasteiger partial charge in [-0.2, -0.15) is 9.97 Å². The fourth-order valence-corrected chi connectivity index (χ4v) is 1.59. The van der Waals surface area contributed by atoms with E-state index in [1.807, 2.05) is 19.1 Å². The van der Waals surface area contributed by atoms with E-state index in [4.69, 9.17) is 15.9 Å². The van der Waals surface area contributed by atoms with Gasteiger partial charge in [0.1, 0.15) is 17.4 Å². The lowest BCUT2D eigenvalue weighted by Gasteiger charge is -2.13. The fraction of sp³-hybridized carbons (Fsp3) is 0.273. The van der Waals surface area contributed by atoms with E-state index in [2.05, 4.69) is 15.3 Å². The standard InChI is InChI=1S/C11H15N5O/c1-7(5-8-3-2-4-17-8)14-10-6-9(12)15-11(13)16-10/h2-4,6-7H,5H2,1H3,(H5,12,13,14,15,16). The molecule has 90 valence electrons. The molecule has 2 aromatic heterocycles. The van der Waals surface area contributed by atoms with Crippen LogP contribution in [0.1, 0.15) is 12.7 Å². The van der Waals surface area contributed by atoms with E-state index in [1.165, 1.54) is 0 Å². The highest BCUT2D eigenvalue weighted by atomic mass is 16.3. The Morgan fingerprint density at radius 1 is 1.41 bits per heavy atom. The van der Waals surface area contributed by atoms with E-state index < -0.39 is 0 Å². The topological polar surface area (TPSA) is 103 Å². The number of hydrogen-bond acceptors (Lipinski definition) is 6. The predicted octanol–water partition coefficient (Wildman–Crippen LogP) is 1.28. The molecule has 0 fully saturated rings. The Hall–Kier alpha value is -2.24. The lowest BCUT2D eigenvalue weighted by Crippen LogP contribution is -2.19. The van der Waals surface area contributed by atoms with Crippen molar-refractivity contribution in [2.45, 2.75) is 19.4 Å². The zero-order valence-corrected chi connectivity index (χ0v) is 9.55. The Morgan fingerprint density at radius 3 is 2.88 bits per heavy atom. The molecule has 0 bridgehead atoms. The monoisotopic (exact) mass is 233 g/mol. The molecule has 2 aromatic rings. The second-order valence-electron chi connectivity index (χ2n) is 3.87. The number of nitrogens with two attached hydrogens (primary N) is 2. The van der Waals surface area contributed by atoms with Gasteiger partial charge in [-0.1, -0.05) is 0 Å². The van der Waals surface area contributed by atoms with Crippen LogP contribution < -0.4 is 16.8 Å². The van der Waals surface area contributed by atoms with Gasteiger partial charge in [-0.3, -0.25) is 0 Å². The summed E-state index contributed by atoms with van der Waals surface area (Å²) in [6.45, 7) is 2.02. The first kappa shape index (κ1) is 11.3. The molecule has 0 saturated heterocycles. The van der Waals surface area contributed by atoms with Crippen LogP contribution in [0, 0.1) is 0 Å². The van der Waals surface area contributed by atoms with Gasteiger partial charge in [-0.25, -0.2) is 0 Å². The van der Waals surface area contributed by atoms with Gasteiger partial charge >= 0.3 is 0 Å². The molecule has 0 aliphatic rings. The van der Waals surface area contributed by atoms with E-state index in [1.54, 1.807) is 12.3 Å². The number of anilines is 3. The highest BCUT2D eigenvalue weighted by Gasteiger charge is 2.07. The third kappa shape index (κ3) is 3.10. The van der Waals surface area contributed by atoms with Crippen LogP contribution in [0.3, 0.4) is 0 Å². The number of rotatable bonds is 4. The lowest BCUT2D eigenvalue weighted by molar-refractivity contribution is 0.497. The van der Waals surface area contributed by atoms with Crippen molar-refractivity contribution in [3.8, 4) is 0 Å². The van der Waals surface area contributed by atoms with Crippen LogP contribution in [0.2, 0.25) is 0 Å². The quantitative estimate of drug-likeness (QED) is 0.735. The summed E-state index contributed by atoms with van der Waals surface area (Å²) in [5, 5.41) is 3.19. The maximum Gasteiger partial charge on any atom is 0.223 e. The van der Waals surface area contributed by atoms with Crippen molar-refractivity contribution in [1.29, 1.82) is 0 Å². The van der Waals surface area contributed by atoms with Crippen molar-refractivity contribution in [1.82, 2.24) is 9.97 Å². The molecule has 0 amide bonds. The molecule has 0 saturated carbocycles. The lowest BCUT2D eigenvalue weighted by atomic mass is 10.2. The Bertz CT molecular complexity index is 462. The molecule has 2 heterocycles. The number of hydrogen-bond donors (Lipinski definition) is 3. The van der Waals surface area contributed by atoms with E-state index in [0.717, 1.165) is 12.2 Å². The minimum absolute atomic E-state index is 0.162. The molecule has 0 spiro atoms. The minimum Gasteiger partial charge on any atom is -0.469 e. The molecule has 0 aliphatic heterocycles. The SMILES string of the molecule is CC(Cc1ccco1)Nc1cc(N)nc(N)n1. The Kier molecular flexibility index (Phi) is 3.13. The largest absolute Gasteiger partial charge is 0.469 e. The van der Waals surface area contributed by atoms with E-state index in [9.17, 15) is 0 Å². The van der Waals surface area contributed by atoms with Gasteiger partial charge in [0, 0.05) is 18.5 Å². The first-order valence-corrected chi connectivity index (χ1v) is 5.32. The van der Waals surface area contributed by atoms with Crippen molar-refractivity contribution >= 4 is 17.6 Å². The molecule has 6 heteroatoms. The maximum absolute atomic E-state index is 5.58. The predicted molar refractivity (Wildman–Crippen MR) is 66.4 cm³/mol. The Balaban J connectivity index is 2.00. The molecule has 1 atom stereocenters. The van der Waals surface area contributed by atoms with Gasteiger partial charge in [-0.15, -0.1) is 0 Å². The molecule has 6 nitrogen and oxygen atoms in total. The molecule has 17 heavy (non-hydrogen) atoms. The highest BCUT2D eigenvalue weighted by Crippen LogP contribution is 2.12. The average molecular weight is 233 g/mol. The molecule has 0 aliphatic carbocycles. The first-order valence-electron chi connectivity index (χ1n) is 5.32. The first-order chi connectivity index (χ1) is 8.13. The zero-order chi connectivity index (χ0) is 12.3. The molecule has 5 N–H and O–H groups in total. The number of nitrogens with one attached hydrogen (secondary N) is 1. The molecule has 1 unspecified atom stereocenters. The molecule has 2 rings (SSSR count). The number of nitrogens with zero attached hydrogens (tertiary/aromatic N) is 2. The number of furan rings is 1. The van der Waals surface area contributed by atoms with E-state index in [-0.39, 0.29) is 12.0 Å².